The molecule has 160 valence electrons. The zero-order valence-corrected chi connectivity index (χ0v) is 17.7. The Morgan fingerprint density at radius 1 is 1.10 bits per heavy atom. The van der Waals surface area contributed by atoms with Crippen LogP contribution < -0.4 is 15.5 Å². The number of benzene rings is 2. The van der Waals surface area contributed by atoms with Gasteiger partial charge < -0.3 is 10.2 Å². The van der Waals surface area contributed by atoms with E-state index >= 15 is 0 Å². The number of nitro benzene ring substituents is 1. The number of nitro groups is 1. The van der Waals surface area contributed by atoms with E-state index in [0.717, 1.165) is 37.1 Å². The number of nitrogens with zero attached hydrogens (tertiary/aromatic N) is 3. The van der Waals surface area contributed by atoms with Gasteiger partial charge in [-0.3, -0.25) is 25.0 Å². The van der Waals surface area contributed by atoms with E-state index in [1.165, 1.54) is 24.3 Å². The Hall–Kier alpha value is -3.53. The van der Waals surface area contributed by atoms with Crippen molar-refractivity contribution in [1.29, 1.82) is 0 Å². The highest BCUT2D eigenvalue weighted by atomic mass is 32.1. The Morgan fingerprint density at radius 3 is 2.58 bits per heavy atom. The van der Waals surface area contributed by atoms with E-state index in [2.05, 4.69) is 15.6 Å². The van der Waals surface area contributed by atoms with Gasteiger partial charge in [-0.1, -0.05) is 11.3 Å². The summed E-state index contributed by atoms with van der Waals surface area (Å²) >= 11 is 1.26. The number of hydrogen-bond acceptors (Lipinski definition) is 7. The molecule has 0 spiro atoms. The highest BCUT2D eigenvalue weighted by molar-refractivity contribution is 7.22. The molecule has 0 radical (unpaired) electrons. The van der Waals surface area contributed by atoms with E-state index in [0.29, 0.717) is 22.0 Å². The molecule has 1 aliphatic rings. The molecule has 3 aromatic rings. The molecule has 10 heteroatoms. The van der Waals surface area contributed by atoms with Gasteiger partial charge in [0.05, 0.1) is 15.1 Å². The molecule has 0 unspecified atom stereocenters. The van der Waals surface area contributed by atoms with Crippen LogP contribution in [0, 0.1) is 10.1 Å². The minimum absolute atomic E-state index is 0.0706. The van der Waals surface area contributed by atoms with E-state index in [9.17, 15) is 19.7 Å². The van der Waals surface area contributed by atoms with E-state index in [1.54, 1.807) is 30.3 Å². The fourth-order valence-corrected chi connectivity index (χ4v) is 4.54. The molecule has 9 nitrogen and oxygen atoms in total. The number of hydrogen-bond donors (Lipinski definition) is 2. The fraction of sp³-hybridized carbons (Fsp3) is 0.286. The Morgan fingerprint density at radius 2 is 1.87 bits per heavy atom. The average molecular weight is 439 g/mol. The second kappa shape index (κ2) is 8.68. The van der Waals surface area contributed by atoms with Crippen molar-refractivity contribution in [3.8, 4) is 0 Å². The molecular weight excluding hydrogens is 418 g/mol. The molecule has 2 amide bonds. The lowest BCUT2D eigenvalue weighted by atomic mass is 10.1. The van der Waals surface area contributed by atoms with E-state index in [4.69, 9.17) is 0 Å². The molecule has 2 heterocycles. The molecule has 31 heavy (non-hydrogen) atoms. The number of fused-ring (bicyclic) bond motifs is 1. The summed E-state index contributed by atoms with van der Waals surface area (Å²) in [5.74, 6) is -0.638. The zero-order chi connectivity index (χ0) is 22.0. The maximum absolute atomic E-state index is 12.7. The lowest BCUT2D eigenvalue weighted by molar-refractivity contribution is -0.384. The maximum Gasteiger partial charge on any atom is 0.293 e. The Balaban J connectivity index is 1.55. The summed E-state index contributed by atoms with van der Waals surface area (Å²) in [6, 6.07) is 9.84. The molecule has 0 bridgehead atoms. The molecule has 2 aromatic carbocycles. The standard InChI is InChI=1S/C21H21N5O4S/c1-13(27)22-15-6-7-16-19(12-15)31-21(23-16)24-20(28)14-5-8-17(18(11-14)26(29)30)25-9-3-2-4-10-25/h5-8,11-12H,2-4,9-10H2,1H3,(H,22,27)(H,23,24,28). The first kappa shape index (κ1) is 20.7. The summed E-state index contributed by atoms with van der Waals surface area (Å²) in [5, 5.41) is 17.4. The first-order chi connectivity index (χ1) is 14.9. The van der Waals surface area contributed by atoms with Crippen LogP contribution in [0.3, 0.4) is 0 Å². The largest absolute Gasteiger partial charge is 0.366 e. The number of piperidine rings is 1. The third kappa shape index (κ3) is 4.64. The van der Waals surface area contributed by atoms with Crippen LogP contribution in [0.1, 0.15) is 36.5 Å². The van der Waals surface area contributed by atoms with E-state index < -0.39 is 10.8 Å². The van der Waals surface area contributed by atoms with Crippen molar-refractivity contribution in [3.63, 3.8) is 0 Å². The van der Waals surface area contributed by atoms with Crippen molar-refractivity contribution in [2.45, 2.75) is 26.2 Å². The summed E-state index contributed by atoms with van der Waals surface area (Å²) in [6.07, 6.45) is 3.13. The van der Waals surface area contributed by atoms with Crippen LogP contribution in [-0.4, -0.2) is 34.8 Å². The van der Waals surface area contributed by atoms with Gasteiger partial charge in [0.2, 0.25) is 5.91 Å². The van der Waals surface area contributed by atoms with Crippen molar-refractivity contribution in [3.05, 3.63) is 52.1 Å². The number of rotatable bonds is 5. The molecule has 1 saturated heterocycles. The molecule has 0 saturated carbocycles. The van der Waals surface area contributed by atoms with Crippen LogP contribution in [-0.2, 0) is 4.79 Å². The van der Waals surface area contributed by atoms with Gasteiger partial charge in [-0.2, -0.15) is 0 Å². The van der Waals surface area contributed by atoms with Gasteiger partial charge >= 0.3 is 0 Å². The second-order valence-corrected chi connectivity index (χ2v) is 8.38. The van der Waals surface area contributed by atoms with Crippen LogP contribution in [0.25, 0.3) is 10.2 Å². The highest BCUT2D eigenvalue weighted by Crippen LogP contribution is 2.32. The number of nitrogens with one attached hydrogen (secondary N) is 2. The van der Waals surface area contributed by atoms with Crippen LogP contribution >= 0.6 is 11.3 Å². The van der Waals surface area contributed by atoms with Crippen LogP contribution in [0.2, 0.25) is 0 Å². The Labute approximate surface area is 182 Å². The van der Waals surface area contributed by atoms with Crippen molar-refractivity contribution in [1.82, 2.24) is 4.98 Å². The van der Waals surface area contributed by atoms with Gasteiger partial charge in [0.25, 0.3) is 11.6 Å². The average Bonchev–Trinajstić information content (AvgIpc) is 3.15. The second-order valence-electron chi connectivity index (χ2n) is 7.35. The van der Waals surface area contributed by atoms with Gasteiger partial charge in [-0.25, -0.2) is 4.98 Å². The number of carbonyl (C=O) groups is 2. The molecule has 1 aromatic heterocycles. The van der Waals surface area contributed by atoms with Crippen molar-refractivity contribution in [2.24, 2.45) is 0 Å². The van der Waals surface area contributed by atoms with Gasteiger partial charge in [-0.05, 0) is 49.6 Å². The normalized spacial score (nSPS) is 13.8. The summed E-state index contributed by atoms with van der Waals surface area (Å²) < 4.78 is 0.799. The van der Waals surface area contributed by atoms with Crippen LogP contribution in [0.5, 0.6) is 0 Å². The van der Waals surface area contributed by atoms with Gasteiger partial charge in [0.15, 0.2) is 5.13 Å². The van der Waals surface area contributed by atoms with Crippen molar-refractivity contribution >= 4 is 55.6 Å². The van der Waals surface area contributed by atoms with E-state index in [1.807, 2.05) is 4.90 Å². The fourth-order valence-electron chi connectivity index (χ4n) is 3.64. The number of carbonyl (C=O) groups excluding carboxylic acids is 2. The lowest BCUT2D eigenvalue weighted by Gasteiger charge is -2.28. The molecule has 4 rings (SSSR count). The van der Waals surface area contributed by atoms with Gasteiger partial charge in [-0.15, -0.1) is 0 Å². The van der Waals surface area contributed by atoms with Crippen LogP contribution in [0.15, 0.2) is 36.4 Å². The lowest BCUT2D eigenvalue weighted by Crippen LogP contribution is -2.30. The highest BCUT2D eigenvalue weighted by Gasteiger charge is 2.23. The first-order valence-electron chi connectivity index (χ1n) is 9.93. The topological polar surface area (TPSA) is 117 Å². The smallest absolute Gasteiger partial charge is 0.293 e. The molecular formula is C21H21N5O4S. The number of thiazole rings is 1. The molecule has 1 fully saturated rings. The molecule has 0 atom stereocenters. The predicted octanol–water partition coefficient (Wildman–Crippen LogP) is 4.41. The summed E-state index contributed by atoms with van der Waals surface area (Å²) in [7, 11) is 0. The Bertz CT molecular complexity index is 1170. The zero-order valence-electron chi connectivity index (χ0n) is 16.9. The molecule has 2 N–H and O–H groups in total. The molecule has 1 aliphatic heterocycles. The number of amides is 2. The third-order valence-corrected chi connectivity index (χ3v) is 5.99. The minimum atomic E-state index is -0.463. The van der Waals surface area contributed by atoms with Crippen molar-refractivity contribution in [2.75, 3.05) is 28.6 Å². The summed E-state index contributed by atoms with van der Waals surface area (Å²) in [6.45, 7) is 2.98. The van der Waals surface area contributed by atoms with Crippen molar-refractivity contribution < 1.29 is 14.5 Å². The minimum Gasteiger partial charge on any atom is -0.366 e. The van der Waals surface area contributed by atoms with E-state index in [-0.39, 0.29) is 17.2 Å². The third-order valence-electron chi connectivity index (χ3n) is 5.06. The molecule has 0 aliphatic carbocycles. The van der Waals surface area contributed by atoms with Gasteiger partial charge in [0.1, 0.15) is 5.69 Å². The monoisotopic (exact) mass is 439 g/mol. The van der Waals surface area contributed by atoms with Gasteiger partial charge in [0, 0.05) is 37.3 Å². The van der Waals surface area contributed by atoms with Crippen LogP contribution in [0.4, 0.5) is 22.2 Å². The SMILES string of the molecule is CC(=O)Nc1ccc2nc(NC(=O)c3ccc(N4CCCCC4)c([N+](=O)[O-])c3)sc2c1. The predicted molar refractivity (Wildman–Crippen MR) is 121 cm³/mol. The number of aromatic nitrogens is 1. The summed E-state index contributed by atoms with van der Waals surface area (Å²) in [5.41, 5.74) is 2.00. The quantitative estimate of drug-likeness (QED) is 0.449. The Kier molecular flexibility index (Phi) is 5.81. The maximum atomic E-state index is 12.7. The number of anilines is 3. The summed E-state index contributed by atoms with van der Waals surface area (Å²) in [4.78, 5) is 41.5. The first-order valence-corrected chi connectivity index (χ1v) is 10.8.